The van der Waals surface area contributed by atoms with Crippen molar-refractivity contribution in [3.8, 4) is 16.8 Å². The number of imidazole rings is 1. The second-order valence-corrected chi connectivity index (χ2v) is 5.25. The van der Waals surface area contributed by atoms with E-state index in [2.05, 4.69) is 16.0 Å². The molecule has 88 valence electrons. The van der Waals surface area contributed by atoms with Crippen LogP contribution in [0.5, 0.6) is 0 Å². The smallest absolute Gasteiger partial charge is 0.150 e. The molecule has 0 saturated heterocycles. The average Bonchev–Trinajstić information content (AvgIpc) is 2.93. The molecule has 1 aromatic carbocycles. The highest BCUT2D eigenvalue weighted by Crippen LogP contribution is 2.35. The van der Waals surface area contributed by atoms with Crippen molar-refractivity contribution in [1.29, 1.82) is 5.26 Å². The van der Waals surface area contributed by atoms with Gasteiger partial charge in [-0.15, -0.1) is 11.3 Å². The van der Waals surface area contributed by atoms with E-state index >= 15 is 0 Å². The monoisotopic (exact) mass is 273 g/mol. The van der Waals surface area contributed by atoms with Gasteiger partial charge in [0, 0.05) is 0 Å². The highest BCUT2D eigenvalue weighted by molar-refractivity contribution is 7.14. The molecular formula is C13H8ClN3S. The summed E-state index contributed by atoms with van der Waals surface area (Å²) in [5.41, 5.74) is 3.36. The largest absolute Gasteiger partial charge is 0.337 e. The minimum absolute atomic E-state index is 0.617. The number of H-pyrrole nitrogens is 1. The lowest BCUT2D eigenvalue weighted by Crippen LogP contribution is -1.76. The molecule has 0 bridgehead atoms. The van der Waals surface area contributed by atoms with E-state index in [4.69, 9.17) is 16.9 Å². The van der Waals surface area contributed by atoms with E-state index in [-0.39, 0.29) is 0 Å². The Kier molecular flexibility index (Phi) is 2.58. The fourth-order valence-electron chi connectivity index (χ4n) is 1.78. The van der Waals surface area contributed by atoms with Crippen molar-refractivity contribution in [3.63, 3.8) is 0 Å². The van der Waals surface area contributed by atoms with Gasteiger partial charge in [0.05, 0.1) is 32.6 Å². The van der Waals surface area contributed by atoms with Crippen molar-refractivity contribution in [2.24, 2.45) is 0 Å². The van der Waals surface area contributed by atoms with Crippen LogP contribution >= 0.6 is 22.9 Å². The molecule has 2 aromatic heterocycles. The molecule has 0 radical (unpaired) electrons. The number of halogens is 1. The number of nitrogens with zero attached hydrogens (tertiary/aromatic N) is 2. The Balaban J connectivity index is 2.20. The summed E-state index contributed by atoms with van der Waals surface area (Å²) in [5, 5.41) is 11.6. The molecule has 0 aliphatic heterocycles. The molecule has 0 aliphatic carbocycles. The van der Waals surface area contributed by atoms with Crippen LogP contribution in [0.25, 0.3) is 21.7 Å². The first kappa shape index (κ1) is 11.3. The predicted octanol–water partition coefficient (Wildman–Crippen LogP) is 4.12. The molecule has 0 unspecified atom stereocenters. The van der Waals surface area contributed by atoms with Gasteiger partial charge < -0.3 is 4.98 Å². The van der Waals surface area contributed by atoms with Crippen LogP contribution in [0.3, 0.4) is 0 Å². The van der Waals surface area contributed by atoms with Crippen molar-refractivity contribution >= 4 is 34.0 Å². The van der Waals surface area contributed by atoms with Crippen molar-refractivity contribution in [2.75, 3.05) is 0 Å². The third kappa shape index (κ3) is 1.69. The van der Waals surface area contributed by atoms with Crippen molar-refractivity contribution in [3.05, 3.63) is 39.7 Å². The molecule has 1 N–H and O–H groups in total. The zero-order valence-electron chi connectivity index (χ0n) is 9.49. The summed E-state index contributed by atoms with van der Waals surface area (Å²) < 4.78 is 0. The number of aryl methyl sites for hydroxylation is 1. The zero-order valence-corrected chi connectivity index (χ0v) is 11.1. The van der Waals surface area contributed by atoms with Crippen LogP contribution in [-0.4, -0.2) is 9.97 Å². The first-order valence-electron chi connectivity index (χ1n) is 5.33. The summed E-state index contributed by atoms with van der Waals surface area (Å²) in [6.07, 6.45) is 0. The second-order valence-electron chi connectivity index (χ2n) is 3.99. The Morgan fingerprint density at radius 2 is 2.28 bits per heavy atom. The van der Waals surface area contributed by atoms with E-state index in [1.54, 1.807) is 23.5 Å². The molecule has 0 spiro atoms. The molecule has 0 aliphatic rings. The number of benzene rings is 1. The Hall–Kier alpha value is -1.83. The molecule has 5 heteroatoms. The van der Waals surface area contributed by atoms with E-state index in [1.807, 2.05) is 18.4 Å². The third-order valence-electron chi connectivity index (χ3n) is 2.73. The molecule has 0 saturated carbocycles. The van der Waals surface area contributed by atoms with Crippen molar-refractivity contribution in [1.82, 2.24) is 9.97 Å². The summed E-state index contributed by atoms with van der Waals surface area (Å²) >= 11 is 7.79. The molecule has 0 fully saturated rings. The lowest BCUT2D eigenvalue weighted by Gasteiger charge is -1.92. The van der Waals surface area contributed by atoms with E-state index < -0.39 is 0 Å². The van der Waals surface area contributed by atoms with Gasteiger partial charge in [0.15, 0.2) is 0 Å². The van der Waals surface area contributed by atoms with Gasteiger partial charge in [-0.05, 0) is 36.1 Å². The number of hydrogen-bond donors (Lipinski definition) is 1. The Bertz CT molecular complexity index is 779. The topological polar surface area (TPSA) is 52.5 Å². The highest BCUT2D eigenvalue weighted by atomic mass is 35.5. The van der Waals surface area contributed by atoms with Crippen molar-refractivity contribution < 1.29 is 0 Å². The van der Waals surface area contributed by atoms with Gasteiger partial charge >= 0.3 is 0 Å². The van der Waals surface area contributed by atoms with E-state index in [9.17, 15) is 0 Å². The minimum atomic E-state index is 0.617. The van der Waals surface area contributed by atoms with Gasteiger partial charge in [-0.25, -0.2) is 4.98 Å². The number of aromatic nitrogens is 2. The first-order valence-corrected chi connectivity index (χ1v) is 6.58. The van der Waals surface area contributed by atoms with Gasteiger partial charge in [0.2, 0.25) is 0 Å². The van der Waals surface area contributed by atoms with Crippen molar-refractivity contribution in [2.45, 2.75) is 6.92 Å². The van der Waals surface area contributed by atoms with Crippen LogP contribution < -0.4 is 0 Å². The van der Waals surface area contributed by atoms with Gasteiger partial charge in [0.25, 0.3) is 0 Å². The number of hydrogen-bond acceptors (Lipinski definition) is 3. The van der Waals surface area contributed by atoms with Crippen LogP contribution in [0, 0.1) is 18.3 Å². The van der Waals surface area contributed by atoms with E-state index in [0.29, 0.717) is 5.56 Å². The molecular weight excluding hydrogens is 266 g/mol. The van der Waals surface area contributed by atoms with E-state index in [0.717, 1.165) is 32.3 Å². The average molecular weight is 274 g/mol. The Labute approximate surface area is 113 Å². The fourth-order valence-corrected chi connectivity index (χ4v) is 3.00. The maximum atomic E-state index is 8.86. The summed E-state index contributed by atoms with van der Waals surface area (Å²) in [6, 6.07) is 7.50. The molecule has 18 heavy (non-hydrogen) atoms. The van der Waals surface area contributed by atoms with Gasteiger partial charge in [-0.3, -0.25) is 0 Å². The number of aromatic amines is 1. The molecule has 3 aromatic rings. The molecule has 0 atom stereocenters. The number of nitriles is 1. The zero-order chi connectivity index (χ0) is 12.7. The van der Waals surface area contributed by atoms with Crippen LogP contribution in [0.2, 0.25) is 5.02 Å². The lowest BCUT2D eigenvalue weighted by molar-refractivity contribution is 1.35. The van der Waals surface area contributed by atoms with Crippen LogP contribution in [0.15, 0.2) is 23.6 Å². The fraction of sp³-hybridized carbons (Fsp3) is 0.0769. The van der Waals surface area contributed by atoms with Gasteiger partial charge in [-0.2, -0.15) is 5.26 Å². The Morgan fingerprint density at radius 3 is 2.94 bits per heavy atom. The SMILES string of the molecule is Cc1csc(-c2nc3ccc(C#N)cc3[nH]2)c1Cl. The number of rotatable bonds is 1. The van der Waals surface area contributed by atoms with E-state index in [1.165, 1.54) is 0 Å². The van der Waals surface area contributed by atoms with Crippen LogP contribution in [0.1, 0.15) is 11.1 Å². The minimum Gasteiger partial charge on any atom is -0.337 e. The summed E-state index contributed by atoms with van der Waals surface area (Å²) in [5.74, 6) is 0.753. The summed E-state index contributed by atoms with van der Waals surface area (Å²) in [4.78, 5) is 8.63. The highest BCUT2D eigenvalue weighted by Gasteiger charge is 2.12. The van der Waals surface area contributed by atoms with Crippen LogP contribution in [0.4, 0.5) is 0 Å². The Morgan fingerprint density at radius 1 is 1.44 bits per heavy atom. The number of thiophene rings is 1. The standard InChI is InChI=1S/C13H8ClN3S/c1-7-6-18-12(11(7)14)13-16-9-3-2-8(5-15)4-10(9)17-13/h2-4,6H,1H3,(H,16,17). The van der Waals surface area contributed by atoms with Gasteiger partial charge in [0.1, 0.15) is 5.82 Å². The molecule has 3 nitrogen and oxygen atoms in total. The first-order chi connectivity index (χ1) is 8.69. The summed E-state index contributed by atoms with van der Waals surface area (Å²) in [6.45, 7) is 1.97. The number of nitrogens with one attached hydrogen (secondary N) is 1. The maximum Gasteiger partial charge on any atom is 0.150 e. The second kappa shape index (κ2) is 4.13. The molecule has 0 amide bonds. The van der Waals surface area contributed by atoms with Gasteiger partial charge in [-0.1, -0.05) is 11.6 Å². The molecule has 2 heterocycles. The molecule has 3 rings (SSSR count). The maximum absolute atomic E-state index is 8.86. The third-order valence-corrected chi connectivity index (χ3v) is 4.43. The van der Waals surface area contributed by atoms with Crippen LogP contribution in [-0.2, 0) is 0 Å². The summed E-state index contributed by atoms with van der Waals surface area (Å²) in [7, 11) is 0. The predicted molar refractivity (Wildman–Crippen MR) is 73.9 cm³/mol. The lowest BCUT2D eigenvalue weighted by atomic mass is 10.2. The normalized spacial score (nSPS) is 10.7. The quantitative estimate of drug-likeness (QED) is 0.725. The number of fused-ring (bicyclic) bond motifs is 1.